The van der Waals surface area contributed by atoms with Crippen LogP contribution in [0.15, 0.2) is 53.3 Å². The molecule has 0 N–H and O–H groups in total. The van der Waals surface area contributed by atoms with Crippen LogP contribution in [0.5, 0.6) is 0 Å². The van der Waals surface area contributed by atoms with Crippen LogP contribution in [0.2, 0.25) is 0 Å². The van der Waals surface area contributed by atoms with Gasteiger partial charge in [-0.05, 0) is 18.2 Å². The van der Waals surface area contributed by atoms with Gasteiger partial charge in [0.15, 0.2) is 11.0 Å². The normalized spacial score (nSPS) is 16.4. The van der Waals surface area contributed by atoms with Gasteiger partial charge in [0.25, 0.3) is 5.78 Å². The van der Waals surface area contributed by atoms with E-state index in [0.29, 0.717) is 5.78 Å². The SMILES string of the molecule is c1cncc(-c2nnc3n2C(CSc2nc4ncccn4n2)CS3)c1. The quantitative estimate of drug-likeness (QED) is 0.507. The lowest BCUT2D eigenvalue weighted by atomic mass is 10.2. The van der Waals surface area contributed by atoms with E-state index in [1.54, 1.807) is 40.4 Å². The van der Waals surface area contributed by atoms with Gasteiger partial charge in [-0.3, -0.25) is 9.55 Å². The van der Waals surface area contributed by atoms with Crippen molar-refractivity contribution in [1.82, 2.24) is 39.3 Å². The molecule has 0 saturated carbocycles. The summed E-state index contributed by atoms with van der Waals surface area (Å²) < 4.78 is 3.89. The Labute approximate surface area is 151 Å². The summed E-state index contributed by atoms with van der Waals surface area (Å²) in [5, 5.41) is 14.8. The zero-order chi connectivity index (χ0) is 16.6. The maximum Gasteiger partial charge on any atom is 0.253 e. The first-order valence-corrected chi connectivity index (χ1v) is 9.64. The highest BCUT2D eigenvalue weighted by atomic mass is 32.2. The van der Waals surface area contributed by atoms with Crippen molar-refractivity contribution in [3.63, 3.8) is 0 Å². The van der Waals surface area contributed by atoms with Crippen LogP contribution in [0.1, 0.15) is 6.04 Å². The molecule has 4 aromatic heterocycles. The minimum absolute atomic E-state index is 0.287. The van der Waals surface area contributed by atoms with Crippen LogP contribution in [0, 0.1) is 0 Å². The summed E-state index contributed by atoms with van der Waals surface area (Å²) in [7, 11) is 0. The van der Waals surface area contributed by atoms with Gasteiger partial charge in [0, 0.05) is 41.9 Å². The van der Waals surface area contributed by atoms with E-state index in [1.807, 2.05) is 30.6 Å². The molecule has 0 radical (unpaired) electrons. The lowest BCUT2D eigenvalue weighted by Gasteiger charge is -2.12. The van der Waals surface area contributed by atoms with Gasteiger partial charge >= 0.3 is 0 Å². The Bertz CT molecular complexity index is 995. The van der Waals surface area contributed by atoms with Gasteiger partial charge in [-0.2, -0.15) is 4.98 Å². The van der Waals surface area contributed by atoms with Gasteiger partial charge in [-0.1, -0.05) is 23.5 Å². The fourth-order valence-electron chi connectivity index (χ4n) is 2.71. The number of hydrogen-bond acceptors (Lipinski definition) is 8. The Hall–Kier alpha value is -2.46. The summed E-state index contributed by atoms with van der Waals surface area (Å²) in [5.41, 5.74) is 0.980. The van der Waals surface area contributed by atoms with Crippen molar-refractivity contribution < 1.29 is 0 Å². The Morgan fingerprint density at radius 1 is 1.24 bits per heavy atom. The van der Waals surface area contributed by atoms with Crippen LogP contribution < -0.4 is 0 Å². The first-order valence-electron chi connectivity index (χ1n) is 7.67. The summed E-state index contributed by atoms with van der Waals surface area (Å²) in [6.07, 6.45) is 7.15. The van der Waals surface area contributed by atoms with E-state index in [4.69, 9.17) is 0 Å². The van der Waals surface area contributed by atoms with Crippen LogP contribution in [-0.4, -0.2) is 50.8 Å². The second kappa shape index (κ2) is 6.12. The largest absolute Gasteiger partial charge is 0.297 e. The predicted molar refractivity (Wildman–Crippen MR) is 94.5 cm³/mol. The number of nitrogens with zero attached hydrogens (tertiary/aromatic N) is 8. The average molecular weight is 368 g/mol. The summed E-state index contributed by atoms with van der Waals surface area (Å²) >= 11 is 3.35. The first-order chi connectivity index (χ1) is 12.4. The lowest BCUT2D eigenvalue weighted by Crippen LogP contribution is -2.11. The standard InChI is InChI=1S/C15H12N8S2/c1-3-10(7-16-4-1)12-19-20-15-23(12)11(9-25-15)8-24-14-18-13-17-5-2-6-22(13)21-14/h1-7,11H,8-9H2. The van der Waals surface area contributed by atoms with Gasteiger partial charge in [-0.15, -0.1) is 15.3 Å². The predicted octanol–water partition coefficient (Wildman–Crippen LogP) is 2.22. The van der Waals surface area contributed by atoms with Gasteiger partial charge in [-0.25, -0.2) is 9.50 Å². The molecule has 25 heavy (non-hydrogen) atoms. The summed E-state index contributed by atoms with van der Waals surface area (Å²) in [6, 6.07) is 6.05. The van der Waals surface area contributed by atoms with Crippen molar-refractivity contribution in [2.45, 2.75) is 16.4 Å². The van der Waals surface area contributed by atoms with E-state index in [-0.39, 0.29) is 6.04 Å². The van der Waals surface area contributed by atoms with Gasteiger partial charge in [0.2, 0.25) is 5.16 Å². The molecule has 0 saturated heterocycles. The molecule has 0 amide bonds. The molecule has 1 atom stereocenters. The van der Waals surface area contributed by atoms with E-state index in [1.165, 1.54) is 0 Å². The third-order valence-corrected chi connectivity index (χ3v) is 5.93. The molecule has 10 heteroatoms. The van der Waals surface area contributed by atoms with Gasteiger partial charge in [0.05, 0.1) is 6.04 Å². The van der Waals surface area contributed by atoms with Gasteiger partial charge in [0.1, 0.15) is 0 Å². The molecule has 0 aliphatic carbocycles. The summed E-state index contributed by atoms with van der Waals surface area (Å²) in [4.78, 5) is 12.8. The zero-order valence-corrected chi connectivity index (χ0v) is 14.6. The van der Waals surface area contributed by atoms with Crippen molar-refractivity contribution in [1.29, 1.82) is 0 Å². The van der Waals surface area contributed by atoms with Crippen LogP contribution in [0.3, 0.4) is 0 Å². The van der Waals surface area contributed by atoms with Crippen molar-refractivity contribution in [3.05, 3.63) is 43.0 Å². The topological polar surface area (TPSA) is 86.7 Å². The molecule has 1 unspecified atom stereocenters. The molecule has 0 fully saturated rings. The molecule has 0 bridgehead atoms. The van der Waals surface area contributed by atoms with E-state index >= 15 is 0 Å². The summed E-state index contributed by atoms with van der Waals surface area (Å²) in [6.45, 7) is 0. The smallest absolute Gasteiger partial charge is 0.253 e. The number of pyridine rings is 1. The highest BCUT2D eigenvalue weighted by Gasteiger charge is 2.29. The lowest BCUT2D eigenvalue weighted by molar-refractivity contribution is 0.596. The minimum Gasteiger partial charge on any atom is -0.297 e. The molecule has 124 valence electrons. The first kappa shape index (κ1) is 14.8. The van der Waals surface area contributed by atoms with Gasteiger partial charge < -0.3 is 0 Å². The second-order valence-electron chi connectivity index (χ2n) is 5.45. The summed E-state index contributed by atoms with van der Waals surface area (Å²) in [5.74, 6) is 3.30. The third kappa shape index (κ3) is 2.67. The van der Waals surface area contributed by atoms with Crippen molar-refractivity contribution in [3.8, 4) is 11.4 Å². The van der Waals surface area contributed by atoms with Crippen molar-refractivity contribution in [2.75, 3.05) is 11.5 Å². The maximum absolute atomic E-state index is 4.45. The molecule has 8 nitrogen and oxygen atoms in total. The highest BCUT2D eigenvalue weighted by Crippen LogP contribution is 2.38. The fourth-order valence-corrected chi connectivity index (χ4v) is 4.84. The monoisotopic (exact) mass is 368 g/mol. The van der Waals surface area contributed by atoms with E-state index in [0.717, 1.165) is 33.2 Å². The molecular formula is C15H12N8S2. The van der Waals surface area contributed by atoms with Crippen LogP contribution >= 0.6 is 23.5 Å². The average Bonchev–Trinajstić information content (AvgIpc) is 3.35. The van der Waals surface area contributed by atoms with Crippen molar-refractivity contribution in [2.24, 2.45) is 0 Å². The maximum atomic E-state index is 4.45. The molecule has 5 rings (SSSR count). The highest BCUT2D eigenvalue weighted by molar-refractivity contribution is 8.00. The van der Waals surface area contributed by atoms with E-state index in [2.05, 4.69) is 34.8 Å². The number of thioether (sulfide) groups is 2. The number of hydrogen-bond donors (Lipinski definition) is 0. The number of fused-ring (bicyclic) bond motifs is 2. The molecule has 4 aromatic rings. The van der Waals surface area contributed by atoms with Crippen LogP contribution in [-0.2, 0) is 0 Å². The Morgan fingerprint density at radius 2 is 2.24 bits per heavy atom. The Balaban J connectivity index is 1.39. The Kier molecular flexibility index (Phi) is 3.63. The van der Waals surface area contributed by atoms with Crippen LogP contribution in [0.4, 0.5) is 0 Å². The fraction of sp³-hybridized carbons (Fsp3) is 0.200. The van der Waals surface area contributed by atoms with Crippen LogP contribution in [0.25, 0.3) is 17.2 Å². The molecule has 1 aliphatic heterocycles. The molecule has 5 heterocycles. The Morgan fingerprint density at radius 3 is 3.12 bits per heavy atom. The minimum atomic E-state index is 0.287. The number of aromatic nitrogens is 8. The zero-order valence-electron chi connectivity index (χ0n) is 12.9. The van der Waals surface area contributed by atoms with E-state index < -0.39 is 0 Å². The number of rotatable bonds is 4. The second-order valence-corrected chi connectivity index (χ2v) is 7.43. The van der Waals surface area contributed by atoms with E-state index in [9.17, 15) is 0 Å². The molecule has 0 spiro atoms. The molecule has 1 aliphatic rings. The molecular weight excluding hydrogens is 356 g/mol. The molecule has 0 aromatic carbocycles. The third-order valence-electron chi connectivity index (χ3n) is 3.86. The van der Waals surface area contributed by atoms with Crippen molar-refractivity contribution >= 4 is 29.3 Å².